The van der Waals surface area contributed by atoms with Gasteiger partial charge in [-0.25, -0.2) is 0 Å². The van der Waals surface area contributed by atoms with Crippen LogP contribution in [0.15, 0.2) is 78.9 Å². The summed E-state index contributed by atoms with van der Waals surface area (Å²) in [5, 5.41) is 0. The molecular formula is C26H30N2. The van der Waals surface area contributed by atoms with Crippen molar-refractivity contribution >= 4 is 11.4 Å². The van der Waals surface area contributed by atoms with Crippen LogP contribution in [0.1, 0.15) is 16.7 Å². The summed E-state index contributed by atoms with van der Waals surface area (Å²) in [6, 6.07) is 28.8. The van der Waals surface area contributed by atoms with E-state index in [0.29, 0.717) is 5.92 Å². The summed E-state index contributed by atoms with van der Waals surface area (Å²) in [5.74, 6) is 0.552. The second kappa shape index (κ2) is 8.62. The first-order valence-corrected chi connectivity index (χ1v) is 10.3. The van der Waals surface area contributed by atoms with Gasteiger partial charge in [-0.15, -0.1) is 0 Å². The van der Waals surface area contributed by atoms with Crippen LogP contribution >= 0.6 is 0 Å². The molecule has 1 atom stereocenters. The predicted molar refractivity (Wildman–Crippen MR) is 119 cm³/mol. The molecule has 2 nitrogen and oxygen atoms in total. The van der Waals surface area contributed by atoms with Crippen molar-refractivity contribution in [3.05, 3.63) is 95.6 Å². The lowest BCUT2D eigenvalue weighted by molar-refractivity contribution is 0.326. The fraction of sp³-hybridized carbons (Fsp3) is 0.308. The van der Waals surface area contributed by atoms with Crippen LogP contribution in [0, 0.1) is 5.92 Å². The van der Waals surface area contributed by atoms with E-state index in [1.54, 1.807) is 0 Å². The number of rotatable bonds is 6. The molecule has 0 aliphatic carbocycles. The van der Waals surface area contributed by atoms with E-state index in [2.05, 4.69) is 103 Å². The molecule has 0 saturated carbocycles. The van der Waals surface area contributed by atoms with Gasteiger partial charge in [-0.05, 0) is 68.1 Å². The van der Waals surface area contributed by atoms with Gasteiger partial charge in [-0.1, -0.05) is 66.7 Å². The normalized spacial score (nSPS) is 14.3. The molecule has 1 heterocycles. The first-order chi connectivity index (χ1) is 13.7. The largest absolute Gasteiger partial charge is 0.341 e. The molecule has 1 unspecified atom stereocenters. The first kappa shape index (κ1) is 18.8. The van der Waals surface area contributed by atoms with Gasteiger partial charge in [-0.3, -0.25) is 0 Å². The number of nitrogens with zero attached hydrogens (tertiary/aromatic N) is 2. The molecule has 0 amide bonds. The van der Waals surface area contributed by atoms with E-state index in [1.165, 1.54) is 28.1 Å². The minimum Gasteiger partial charge on any atom is -0.341 e. The van der Waals surface area contributed by atoms with Crippen molar-refractivity contribution in [2.75, 3.05) is 32.1 Å². The lowest BCUT2D eigenvalue weighted by atomic mass is 9.97. The van der Waals surface area contributed by atoms with Crippen LogP contribution in [0.4, 0.5) is 11.4 Å². The summed E-state index contributed by atoms with van der Waals surface area (Å²) in [4.78, 5) is 4.90. The van der Waals surface area contributed by atoms with Crippen LogP contribution in [0.2, 0.25) is 0 Å². The molecule has 0 saturated heterocycles. The SMILES string of the molecule is CN(C)CC(Cc1ccccc1)CN1c2ccccc2CCc2ccccc21. The van der Waals surface area contributed by atoms with Crippen LogP contribution in [-0.2, 0) is 19.3 Å². The molecule has 1 aliphatic heterocycles. The first-order valence-electron chi connectivity index (χ1n) is 10.3. The van der Waals surface area contributed by atoms with Gasteiger partial charge in [0, 0.05) is 24.5 Å². The lowest BCUT2D eigenvalue weighted by Crippen LogP contribution is -2.33. The van der Waals surface area contributed by atoms with Crippen molar-refractivity contribution in [2.45, 2.75) is 19.3 Å². The number of para-hydroxylation sites is 2. The van der Waals surface area contributed by atoms with Gasteiger partial charge >= 0.3 is 0 Å². The summed E-state index contributed by atoms with van der Waals surface area (Å²) in [5.41, 5.74) is 7.10. The highest BCUT2D eigenvalue weighted by molar-refractivity contribution is 5.71. The predicted octanol–water partition coefficient (Wildman–Crippen LogP) is 5.34. The van der Waals surface area contributed by atoms with E-state index in [0.717, 1.165) is 32.4 Å². The zero-order valence-electron chi connectivity index (χ0n) is 17.0. The number of hydrogen-bond acceptors (Lipinski definition) is 2. The van der Waals surface area contributed by atoms with E-state index in [9.17, 15) is 0 Å². The van der Waals surface area contributed by atoms with Gasteiger partial charge in [0.1, 0.15) is 0 Å². The van der Waals surface area contributed by atoms with E-state index in [4.69, 9.17) is 0 Å². The molecule has 3 aromatic carbocycles. The summed E-state index contributed by atoms with van der Waals surface area (Å²) in [7, 11) is 4.37. The molecule has 0 spiro atoms. The number of benzene rings is 3. The highest BCUT2D eigenvalue weighted by Crippen LogP contribution is 2.36. The number of anilines is 2. The molecule has 4 rings (SSSR count). The maximum atomic E-state index is 2.58. The zero-order chi connectivity index (χ0) is 19.3. The van der Waals surface area contributed by atoms with Gasteiger partial charge < -0.3 is 9.80 Å². The standard InChI is InChI=1S/C26H30N2/c1-27(2)19-22(18-21-10-4-3-5-11-21)20-28-25-14-8-6-12-23(25)16-17-24-13-7-9-15-26(24)28/h3-15,22H,16-20H2,1-2H3. The topological polar surface area (TPSA) is 6.48 Å². The van der Waals surface area contributed by atoms with Crippen molar-refractivity contribution in [1.82, 2.24) is 4.90 Å². The van der Waals surface area contributed by atoms with Gasteiger partial charge in [0.15, 0.2) is 0 Å². The highest BCUT2D eigenvalue weighted by atomic mass is 15.2. The molecule has 0 N–H and O–H groups in total. The van der Waals surface area contributed by atoms with E-state index < -0.39 is 0 Å². The van der Waals surface area contributed by atoms with Crippen molar-refractivity contribution in [1.29, 1.82) is 0 Å². The van der Waals surface area contributed by atoms with Crippen molar-refractivity contribution < 1.29 is 0 Å². The molecule has 2 heteroatoms. The molecule has 144 valence electrons. The molecule has 1 aliphatic rings. The number of hydrogen-bond donors (Lipinski definition) is 0. The monoisotopic (exact) mass is 370 g/mol. The molecule has 3 aromatic rings. The quantitative estimate of drug-likeness (QED) is 0.577. The van der Waals surface area contributed by atoms with Gasteiger partial charge in [-0.2, -0.15) is 0 Å². The number of aryl methyl sites for hydroxylation is 2. The molecular weight excluding hydrogens is 340 g/mol. The Morgan fingerprint density at radius 1 is 0.750 bits per heavy atom. The Morgan fingerprint density at radius 3 is 1.86 bits per heavy atom. The van der Waals surface area contributed by atoms with Crippen LogP contribution in [0.5, 0.6) is 0 Å². The third-order valence-electron chi connectivity index (χ3n) is 5.66. The summed E-state index contributed by atoms with van der Waals surface area (Å²) < 4.78 is 0. The van der Waals surface area contributed by atoms with Crippen molar-refractivity contribution in [2.24, 2.45) is 5.92 Å². The van der Waals surface area contributed by atoms with Gasteiger partial charge in [0.05, 0.1) is 0 Å². The van der Waals surface area contributed by atoms with Gasteiger partial charge in [0.2, 0.25) is 0 Å². The molecule has 0 radical (unpaired) electrons. The summed E-state index contributed by atoms with van der Waals surface area (Å²) in [6.07, 6.45) is 3.32. The van der Waals surface area contributed by atoms with E-state index in [-0.39, 0.29) is 0 Å². The van der Waals surface area contributed by atoms with Crippen molar-refractivity contribution in [3.63, 3.8) is 0 Å². The van der Waals surface area contributed by atoms with Gasteiger partial charge in [0.25, 0.3) is 0 Å². The zero-order valence-corrected chi connectivity index (χ0v) is 17.0. The summed E-state index contributed by atoms with van der Waals surface area (Å²) >= 11 is 0. The Kier molecular flexibility index (Phi) is 5.78. The second-order valence-electron chi connectivity index (χ2n) is 8.19. The van der Waals surface area contributed by atoms with E-state index >= 15 is 0 Å². The maximum Gasteiger partial charge on any atom is 0.0443 e. The van der Waals surface area contributed by atoms with Crippen LogP contribution in [0.3, 0.4) is 0 Å². The Balaban J connectivity index is 1.69. The average molecular weight is 371 g/mol. The minimum absolute atomic E-state index is 0.552. The maximum absolute atomic E-state index is 2.58. The molecule has 28 heavy (non-hydrogen) atoms. The third-order valence-corrected chi connectivity index (χ3v) is 5.66. The Morgan fingerprint density at radius 2 is 1.29 bits per heavy atom. The van der Waals surface area contributed by atoms with Crippen LogP contribution in [-0.4, -0.2) is 32.1 Å². The van der Waals surface area contributed by atoms with E-state index in [1.807, 2.05) is 0 Å². The molecule has 0 fully saturated rings. The Labute approximate surface area is 169 Å². The summed E-state index contributed by atoms with van der Waals surface area (Å²) in [6.45, 7) is 2.11. The smallest absolute Gasteiger partial charge is 0.0443 e. The lowest BCUT2D eigenvalue weighted by Gasteiger charge is -2.32. The van der Waals surface area contributed by atoms with Crippen molar-refractivity contribution in [3.8, 4) is 0 Å². The fourth-order valence-electron chi connectivity index (χ4n) is 4.48. The average Bonchev–Trinajstić information content (AvgIpc) is 2.86. The third kappa shape index (κ3) is 4.28. The Bertz CT molecular complexity index is 854. The second-order valence-corrected chi connectivity index (χ2v) is 8.19. The highest BCUT2D eigenvalue weighted by Gasteiger charge is 2.23. The molecule has 0 bridgehead atoms. The Hall–Kier alpha value is -2.58. The molecule has 0 aromatic heterocycles. The minimum atomic E-state index is 0.552. The van der Waals surface area contributed by atoms with Crippen LogP contribution < -0.4 is 4.90 Å². The van der Waals surface area contributed by atoms with Crippen LogP contribution in [0.25, 0.3) is 0 Å². The fourth-order valence-corrected chi connectivity index (χ4v) is 4.48. The number of fused-ring (bicyclic) bond motifs is 2.